The standard InChI is InChI=1S/C51H39NSi/c1-51(2)46-26-14-18-37-28-29-38-34-40(35-47(51)50(38)49(37)46)52(48-27-15-17-36-16-12-13-25-45(36)48)39-30-32-44(33-31-39)53(41-19-6-3-7-20-41,42-21-8-4-9-22-42)43-23-10-5-11-24-43/h3-35H,1-2H3. The summed E-state index contributed by atoms with van der Waals surface area (Å²) < 4.78 is 0. The van der Waals surface area contributed by atoms with Gasteiger partial charge in [-0.05, 0) is 89.1 Å². The van der Waals surface area contributed by atoms with Crippen LogP contribution in [0.4, 0.5) is 17.1 Å². The predicted molar refractivity (Wildman–Crippen MR) is 229 cm³/mol. The minimum atomic E-state index is -2.67. The molecule has 1 nitrogen and oxygen atoms in total. The number of fused-ring (bicyclic) bond motifs is 1. The Hall–Kier alpha value is -6.22. The molecule has 0 saturated carbocycles. The summed E-state index contributed by atoms with van der Waals surface area (Å²) in [7, 11) is -2.67. The molecule has 0 aliphatic heterocycles. The molecule has 9 aromatic carbocycles. The highest BCUT2D eigenvalue weighted by molar-refractivity contribution is 7.19. The third-order valence-electron chi connectivity index (χ3n) is 11.7. The fourth-order valence-electron chi connectivity index (χ4n) is 9.27. The van der Waals surface area contributed by atoms with Crippen LogP contribution in [0.5, 0.6) is 0 Å². The number of hydrogen-bond acceptors (Lipinski definition) is 1. The molecule has 0 unspecified atom stereocenters. The Kier molecular flexibility index (Phi) is 7.25. The number of benzene rings is 9. The van der Waals surface area contributed by atoms with Gasteiger partial charge in [0.15, 0.2) is 8.07 Å². The van der Waals surface area contributed by atoms with Crippen LogP contribution in [0.2, 0.25) is 0 Å². The van der Waals surface area contributed by atoms with Crippen molar-refractivity contribution in [3.8, 4) is 0 Å². The van der Waals surface area contributed by atoms with Gasteiger partial charge in [0, 0.05) is 22.2 Å². The van der Waals surface area contributed by atoms with Crippen LogP contribution in [0.15, 0.2) is 200 Å². The van der Waals surface area contributed by atoms with Crippen LogP contribution in [0, 0.1) is 0 Å². The van der Waals surface area contributed by atoms with Crippen LogP contribution < -0.4 is 25.6 Å². The molecule has 252 valence electrons. The molecule has 0 N–H and O–H groups in total. The van der Waals surface area contributed by atoms with E-state index in [-0.39, 0.29) is 5.41 Å². The van der Waals surface area contributed by atoms with E-state index in [0.717, 1.165) is 5.69 Å². The molecule has 2 heteroatoms. The number of hydrogen-bond donors (Lipinski definition) is 0. The average Bonchev–Trinajstić information content (AvgIpc) is 3.46. The summed E-state index contributed by atoms with van der Waals surface area (Å²) in [6.45, 7) is 4.77. The fourth-order valence-corrected chi connectivity index (χ4v) is 14.0. The van der Waals surface area contributed by atoms with Crippen LogP contribution in [0.3, 0.4) is 0 Å². The zero-order valence-electron chi connectivity index (χ0n) is 30.0. The van der Waals surface area contributed by atoms with Gasteiger partial charge in [0.25, 0.3) is 0 Å². The molecular weight excluding hydrogens is 655 g/mol. The first-order valence-electron chi connectivity index (χ1n) is 18.6. The first-order chi connectivity index (χ1) is 26.0. The molecule has 10 rings (SSSR count). The van der Waals surface area contributed by atoms with E-state index in [1.165, 1.54) is 75.6 Å². The van der Waals surface area contributed by atoms with Crippen molar-refractivity contribution in [3.63, 3.8) is 0 Å². The summed E-state index contributed by atoms with van der Waals surface area (Å²) in [5.74, 6) is 0. The van der Waals surface area contributed by atoms with E-state index in [2.05, 4.69) is 219 Å². The minimum Gasteiger partial charge on any atom is -0.310 e. The molecule has 0 saturated heterocycles. The number of anilines is 3. The van der Waals surface area contributed by atoms with Crippen LogP contribution >= 0.6 is 0 Å². The van der Waals surface area contributed by atoms with Crippen molar-refractivity contribution >= 4 is 78.2 Å². The Balaban J connectivity index is 1.22. The lowest BCUT2D eigenvalue weighted by Gasteiger charge is -2.35. The molecule has 0 amide bonds. The predicted octanol–water partition coefficient (Wildman–Crippen LogP) is 10.6. The van der Waals surface area contributed by atoms with E-state index in [0.29, 0.717) is 0 Å². The Morgan fingerprint density at radius 1 is 0.377 bits per heavy atom. The largest absolute Gasteiger partial charge is 0.310 e. The molecular formula is C51H39NSi. The second-order valence-corrected chi connectivity index (χ2v) is 18.7. The summed E-state index contributed by atoms with van der Waals surface area (Å²) in [4.78, 5) is 2.49. The maximum Gasteiger partial charge on any atom is 0.179 e. The Morgan fingerprint density at radius 2 is 0.887 bits per heavy atom. The van der Waals surface area contributed by atoms with Gasteiger partial charge in [-0.15, -0.1) is 0 Å². The highest BCUT2D eigenvalue weighted by Gasteiger charge is 2.41. The van der Waals surface area contributed by atoms with Crippen LogP contribution in [-0.2, 0) is 5.41 Å². The molecule has 0 spiro atoms. The van der Waals surface area contributed by atoms with Crippen LogP contribution in [0.25, 0.3) is 32.3 Å². The third kappa shape index (κ3) is 4.76. The van der Waals surface area contributed by atoms with Crippen LogP contribution in [0.1, 0.15) is 25.0 Å². The van der Waals surface area contributed by atoms with Crippen LogP contribution in [-0.4, -0.2) is 8.07 Å². The maximum atomic E-state index is 2.49. The van der Waals surface area contributed by atoms with Crippen molar-refractivity contribution in [1.82, 2.24) is 0 Å². The normalized spacial score (nSPS) is 13.2. The lowest BCUT2D eigenvalue weighted by Crippen LogP contribution is -2.74. The summed E-state index contributed by atoms with van der Waals surface area (Å²) in [6.07, 6.45) is 0. The minimum absolute atomic E-state index is 0.113. The Bertz CT molecular complexity index is 2690. The van der Waals surface area contributed by atoms with Crippen molar-refractivity contribution in [3.05, 3.63) is 211 Å². The third-order valence-corrected chi connectivity index (χ3v) is 16.5. The molecule has 1 aliphatic carbocycles. The quantitative estimate of drug-likeness (QED) is 0.0913. The molecule has 0 bridgehead atoms. The number of nitrogens with zero attached hydrogens (tertiary/aromatic N) is 1. The SMILES string of the molecule is CC1(C)c2cccc3ccc4cc(N(c5ccc([Si](c6ccccc6)(c6ccccc6)c6ccccc6)cc5)c5cccc6ccccc56)cc1c4c23. The number of rotatable bonds is 7. The van der Waals surface area contributed by atoms with Crippen molar-refractivity contribution in [1.29, 1.82) is 0 Å². The van der Waals surface area contributed by atoms with Gasteiger partial charge in [-0.3, -0.25) is 0 Å². The van der Waals surface area contributed by atoms with Crippen molar-refractivity contribution in [2.45, 2.75) is 19.3 Å². The van der Waals surface area contributed by atoms with Crippen molar-refractivity contribution < 1.29 is 0 Å². The van der Waals surface area contributed by atoms with Crippen molar-refractivity contribution in [2.75, 3.05) is 4.90 Å². The zero-order valence-corrected chi connectivity index (χ0v) is 31.0. The molecule has 0 aromatic heterocycles. The van der Waals surface area contributed by atoms with Gasteiger partial charge in [0.1, 0.15) is 0 Å². The summed E-state index contributed by atoms with van der Waals surface area (Å²) in [5.41, 5.74) is 6.19. The first kappa shape index (κ1) is 31.5. The molecule has 9 aromatic rings. The van der Waals surface area contributed by atoms with Crippen molar-refractivity contribution in [2.24, 2.45) is 0 Å². The second kappa shape index (κ2) is 12.2. The van der Waals surface area contributed by atoms with Gasteiger partial charge in [-0.1, -0.05) is 184 Å². The highest BCUT2D eigenvalue weighted by atomic mass is 28.3. The van der Waals surface area contributed by atoms with E-state index in [4.69, 9.17) is 0 Å². The van der Waals surface area contributed by atoms with Gasteiger partial charge in [-0.2, -0.15) is 0 Å². The topological polar surface area (TPSA) is 3.24 Å². The van der Waals surface area contributed by atoms with Gasteiger partial charge in [0.05, 0.1) is 5.69 Å². The van der Waals surface area contributed by atoms with E-state index < -0.39 is 8.07 Å². The summed E-state index contributed by atoms with van der Waals surface area (Å²) >= 11 is 0. The smallest absolute Gasteiger partial charge is 0.179 e. The Morgan fingerprint density at radius 3 is 1.55 bits per heavy atom. The van der Waals surface area contributed by atoms with Gasteiger partial charge < -0.3 is 4.90 Å². The lowest BCUT2D eigenvalue weighted by molar-refractivity contribution is 0.663. The second-order valence-electron chi connectivity index (χ2n) is 14.9. The molecule has 0 heterocycles. The summed E-state index contributed by atoms with van der Waals surface area (Å²) in [5, 5.41) is 13.4. The molecule has 53 heavy (non-hydrogen) atoms. The fraction of sp³-hybridized carbons (Fsp3) is 0.0588. The Labute approximate surface area is 312 Å². The molecule has 0 radical (unpaired) electrons. The maximum absolute atomic E-state index is 2.67. The van der Waals surface area contributed by atoms with Gasteiger partial charge >= 0.3 is 0 Å². The summed E-state index contributed by atoms with van der Waals surface area (Å²) in [6, 6.07) is 74.8. The lowest BCUT2D eigenvalue weighted by atomic mass is 9.81. The van der Waals surface area contributed by atoms with E-state index in [9.17, 15) is 0 Å². The molecule has 0 fully saturated rings. The van der Waals surface area contributed by atoms with Gasteiger partial charge in [-0.25, -0.2) is 0 Å². The van der Waals surface area contributed by atoms with E-state index in [1.807, 2.05) is 0 Å². The average molecular weight is 694 g/mol. The zero-order chi connectivity index (χ0) is 35.6. The highest BCUT2D eigenvalue weighted by Crippen LogP contribution is 2.51. The van der Waals surface area contributed by atoms with Gasteiger partial charge in [0.2, 0.25) is 0 Å². The molecule has 0 atom stereocenters. The molecule has 1 aliphatic rings. The monoisotopic (exact) mass is 693 g/mol. The van der Waals surface area contributed by atoms with E-state index >= 15 is 0 Å². The van der Waals surface area contributed by atoms with E-state index in [1.54, 1.807) is 0 Å². The first-order valence-corrected chi connectivity index (χ1v) is 20.6.